The van der Waals surface area contributed by atoms with E-state index in [2.05, 4.69) is 60.5 Å². The molecule has 3 rings (SSSR count). The van der Waals surface area contributed by atoms with Crippen molar-refractivity contribution in [2.45, 2.75) is 42.1 Å². The third kappa shape index (κ3) is 5.53. The Labute approximate surface area is 163 Å². The highest BCUT2D eigenvalue weighted by Gasteiger charge is 2.22. The van der Waals surface area contributed by atoms with Gasteiger partial charge >= 0.3 is 0 Å². The summed E-state index contributed by atoms with van der Waals surface area (Å²) >= 11 is 5.68. The lowest BCUT2D eigenvalue weighted by molar-refractivity contribution is -0.130. The first-order valence-electron chi connectivity index (χ1n) is 8.80. The average molecular weight is 392 g/mol. The fraction of sp³-hybridized carbons (Fsp3) is 0.450. The van der Waals surface area contributed by atoms with E-state index in [0.29, 0.717) is 16.9 Å². The summed E-state index contributed by atoms with van der Waals surface area (Å²) in [5, 5.41) is 3.27. The van der Waals surface area contributed by atoms with E-state index in [-0.39, 0.29) is 5.91 Å². The largest absolute Gasteiger partial charge is 0.342 e. The van der Waals surface area contributed by atoms with Crippen molar-refractivity contribution in [3.8, 4) is 0 Å². The number of hydrogen-bond acceptors (Lipinski definition) is 4. The Morgan fingerprint density at radius 2 is 2.04 bits per heavy atom. The molecule has 2 nitrogen and oxygen atoms in total. The van der Waals surface area contributed by atoms with Crippen LogP contribution in [0.25, 0.3) is 0 Å². The van der Waals surface area contributed by atoms with Crippen LogP contribution in [-0.2, 0) is 11.2 Å². The lowest BCUT2D eigenvalue weighted by atomic mass is 10.1. The Kier molecular flexibility index (Phi) is 6.91. The fourth-order valence-electron chi connectivity index (χ4n) is 2.97. The molecule has 1 atom stereocenters. The Hall–Kier alpha value is -0.910. The smallest absolute Gasteiger partial charge is 0.227 e. The van der Waals surface area contributed by atoms with Gasteiger partial charge in [-0.15, -0.1) is 23.1 Å². The first kappa shape index (κ1) is 18.9. The van der Waals surface area contributed by atoms with Gasteiger partial charge in [-0.1, -0.05) is 32.0 Å². The summed E-state index contributed by atoms with van der Waals surface area (Å²) in [6.45, 7) is 6.13. The average Bonchev–Trinajstić information content (AvgIpc) is 3.00. The molecule has 2 heterocycles. The Morgan fingerprint density at radius 3 is 2.72 bits per heavy atom. The molecule has 1 aliphatic rings. The zero-order valence-electron chi connectivity index (χ0n) is 14.8. The zero-order valence-corrected chi connectivity index (χ0v) is 17.3. The normalized spacial score (nSPS) is 18.4. The van der Waals surface area contributed by atoms with Crippen LogP contribution in [0.1, 0.15) is 36.0 Å². The van der Waals surface area contributed by atoms with Crippen LogP contribution in [-0.4, -0.2) is 34.9 Å². The monoisotopic (exact) mass is 391 g/mol. The minimum Gasteiger partial charge on any atom is -0.342 e. The molecule has 1 amide bonds. The minimum absolute atomic E-state index is 0.261. The summed E-state index contributed by atoms with van der Waals surface area (Å²) in [5.41, 5.74) is 1.12. The highest BCUT2D eigenvalue weighted by molar-refractivity contribution is 8.00. The zero-order chi connectivity index (χ0) is 17.6. The van der Waals surface area contributed by atoms with Crippen molar-refractivity contribution < 1.29 is 4.79 Å². The van der Waals surface area contributed by atoms with Gasteiger partial charge in [0.2, 0.25) is 5.91 Å². The summed E-state index contributed by atoms with van der Waals surface area (Å²) in [6.07, 6.45) is 1.57. The molecular weight excluding hydrogens is 366 g/mol. The molecule has 1 saturated heterocycles. The van der Waals surface area contributed by atoms with Crippen LogP contribution in [0, 0.1) is 0 Å². The number of amides is 1. The van der Waals surface area contributed by atoms with E-state index in [4.69, 9.17) is 0 Å². The summed E-state index contributed by atoms with van der Waals surface area (Å²) in [4.78, 5) is 17.5. The predicted molar refractivity (Wildman–Crippen MR) is 112 cm³/mol. The van der Waals surface area contributed by atoms with Crippen molar-refractivity contribution in [2.75, 3.05) is 18.8 Å². The van der Waals surface area contributed by atoms with E-state index >= 15 is 0 Å². The number of thiophene rings is 1. The molecular formula is C20H25NOS3. The number of carbonyl (C=O) groups is 1. The molecule has 2 aromatic rings. The summed E-state index contributed by atoms with van der Waals surface area (Å²) < 4.78 is 0. The molecule has 0 saturated carbocycles. The standard InChI is InChI=1S/C20H25NOS3/c1-15(2)25-17-7-5-16(6-8-17)14-20(22)21-10-9-19(24-13-11-21)18-4-3-12-23-18/h3-8,12,15,19H,9-11,13-14H2,1-2H3. The maximum atomic E-state index is 12.7. The fourth-order valence-corrected chi connectivity index (χ4v) is 6.04. The number of thioether (sulfide) groups is 2. The first-order chi connectivity index (χ1) is 12.1. The topological polar surface area (TPSA) is 20.3 Å². The molecule has 1 aliphatic heterocycles. The van der Waals surface area contributed by atoms with Gasteiger partial charge in [0.05, 0.1) is 6.42 Å². The van der Waals surface area contributed by atoms with Crippen molar-refractivity contribution in [1.29, 1.82) is 0 Å². The third-order valence-electron chi connectivity index (χ3n) is 4.21. The second-order valence-electron chi connectivity index (χ2n) is 6.53. The molecule has 25 heavy (non-hydrogen) atoms. The van der Waals surface area contributed by atoms with Crippen LogP contribution >= 0.6 is 34.9 Å². The van der Waals surface area contributed by atoms with E-state index in [1.807, 2.05) is 34.9 Å². The number of hydrogen-bond donors (Lipinski definition) is 0. The first-order valence-corrected chi connectivity index (χ1v) is 11.6. The van der Waals surface area contributed by atoms with E-state index in [1.54, 1.807) is 0 Å². The summed E-state index contributed by atoms with van der Waals surface area (Å²) in [5.74, 6) is 1.29. The van der Waals surface area contributed by atoms with Crippen LogP contribution < -0.4 is 0 Å². The van der Waals surface area contributed by atoms with Crippen LogP contribution in [0.2, 0.25) is 0 Å². The number of rotatable bonds is 5. The molecule has 1 aromatic carbocycles. The van der Waals surface area contributed by atoms with E-state index in [9.17, 15) is 4.79 Å². The molecule has 0 radical (unpaired) electrons. The number of benzene rings is 1. The maximum Gasteiger partial charge on any atom is 0.227 e. The Bertz CT molecular complexity index is 667. The van der Waals surface area contributed by atoms with Crippen molar-refractivity contribution in [2.24, 2.45) is 0 Å². The number of carbonyl (C=O) groups excluding carboxylic acids is 1. The van der Waals surface area contributed by atoms with Gasteiger partial charge in [-0.25, -0.2) is 0 Å². The van der Waals surface area contributed by atoms with Crippen molar-refractivity contribution in [1.82, 2.24) is 4.90 Å². The SMILES string of the molecule is CC(C)Sc1ccc(CC(=O)N2CCSC(c3cccs3)CC2)cc1. The van der Waals surface area contributed by atoms with Crippen molar-refractivity contribution >= 4 is 40.8 Å². The van der Waals surface area contributed by atoms with Gasteiger partial charge in [0, 0.05) is 39.1 Å². The Morgan fingerprint density at radius 1 is 1.24 bits per heavy atom. The van der Waals surface area contributed by atoms with Crippen molar-refractivity contribution in [3.63, 3.8) is 0 Å². The molecule has 5 heteroatoms. The molecule has 1 fully saturated rings. The van der Waals surface area contributed by atoms with Crippen LogP contribution in [0.15, 0.2) is 46.7 Å². The van der Waals surface area contributed by atoms with E-state index in [1.165, 1.54) is 9.77 Å². The van der Waals surface area contributed by atoms with Gasteiger partial charge in [0.1, 0.15) is 0 Å². The van der Waals surface area contributed by atoms with E-state index < -0.39 is 0 Å². The molecule has 1 aromatic heterocycles. The highest BCUT2D eigenvalue weighted by Crippen LogP contribution is 2.36. The van der Waals surface area contributed by atoms with Crippen LogP contribution in [0.5, 0.6) is 0 Å². The molecule has 0 bridgehead atoms. The molecule has 134 valence electrons. The number of nitrogens with zero attached hydrogens (tertiary/aromatic N) is 1. The molecule has 0 spiro atoms. The van der Waals surface area contributed by atoms with E-state index in [0.717, 1.165) is 30.8 Å². The minimum atomic E-state index is 0.261. The van der Waals surface area contributed by atoms with Gasteiger partial charge in [0.15, 0.2) is 0 Å². The van der Waals surface area contributed by atoms with Gasteiger partial charge in [0.25, 0.3) is 0 Å². The second kappa shape index (κ2) is 9.15. The molecule has 0 N–H and O–H groups in total. The van der Waals surface area contributed by atoms with Gasteiger partial charge in [-0.2, -0.15) is 11.8 Å². The lowest BCUT2D eigenvalue weighted by Gasteiger charge is -2.20. The maximum absolute atomic E-state index is 12.7. The summed E-state index contributed by atoms with van der Waals surface area (Å²) in [6, 6.07) is 12.8. The summed E-state index contributed by atoms with van der Waals surface area (Å²) in [7, 11) is 0. The Balaban J connectivity index is 1.54. The van der Waals surface area contributed by atoms with Crippen LogP contribution in [0.4, 0.5) is 0 Å². The van der Waals surface area contributed by atoms with Gasteiger partial charge in [-0.05, 0) is 35.6 Å². The highest BCUT2D eigenvalue weighted by atomic mass is 32.2. The molecule has 0 aliphatic carbocycles. The lowest BCUT2D eigenvalue weighted by Crippen LogP contribution is -2.34. The van der Waals surface area contributed by atoms with Gasteiger partial charge < -0.3 is 4.90 Å². The predicted octanol–water partition coefficient (Wildman–Crippen LogP) is 5.50. The van der Waals surface area contributed by atoms with Gasteiger partial charge in [-0.3, -0.25) is 4.79 Å². The quantitative estimate of drug-likeness (QED) is 0.628. The third-order valence-corrected chi connectivity index (χ3v) is 7.67. The van der Waals surface area contributed by atoms with Crippen molar-refractivity contribution in [3.05, 3.63) is 52.2 Å². The second-order valence-corrected chi connectivity index (χ2v) is 10.5. The van der Waals surface area contributed by atoms with Crippen LogP contribution in [0.3, 0.4) is 0 Å². The molecule has 1 unspecified atom stereocenters.